The van der Waals surface area contributed by atoms with E-state index >= 15 is 0 Å². The van der Waals surface area contributed by atoms with Crippen LogP contribution in [0.15, 0.2) is 34.7 Å². The zero-order valence-corrected chi connectivity index (χ0v) is 21.3. The molecular formula is C26H35N5O3S. The summed E-state index contributed by atoms with van der Waals surface area (Å²) in [7, 11) is 1.73. The van der Waals surface area contributed by atoms with Crippen molar-refractivity contribution in [2.75, 3.05) is 72.7 Å². The number of hydrogen-bond acceptors (Lipinski definition) is 7. The van der Waals surface area contributed by atoms with Crippen LogP contribution in [0.25, 0.3) is 17.5 Å². The fraction of sp³-hybridized carbons (Fsp3) is 0.538. The molecule has 0 saturated carbocycles. The van der Waals surface area contributed by atoms with Crippen LogP contribution in [0.2, 0.25) is 0 Å². The summed E-state index contributed by atoms with van der Waals surface area (Å²) >= 11 is 1.79. The number of hydrogen-bond donors (Lipinski definition) is 1. The van der Waals surface area contributed by atoms with Crippen molar-refractivity contribution in [3.05, 3.63) is 41.1 Å². The second-order valence-corrected chi connectivity index (χ2v) is 10.2. The van der Waals surface area contributed by atoms with Crippen LogP contribution in [-0.2, 0) is 15.2 Å². The number of methoxy groups -OCH3 is 1. The van der Waals surface area contributed by atoms with Crippen LogP contribution in [0.4, 0.5) is 0 Å². The molecule has 0 bridgehead atoms. The maximum Gasteiger partial charge on any atom is 0.274 e. The number of ether oxygens (including phenoxy) is 2. The van der Waals surface area contributed by atoms with Crippen LogP contribution >= 0.6 is 11.8 Å². The number of carbonyl (C=O) groups excluding carboxylic acids is 1. The van der Waals surface area contributed by atoms with Gasteiger partial charge in [0.25, 0.3) is 5.91 Å². The molecule has 1 amide bonds. The topological polar surface area (TPSA) is 71.9 Å². The second kappa shape index (κ2) is 11.7. The van der Waals surface area contributed by atoms with Gasteiger partial charge in [0, 0.05) is 74.4 Å². The molecule has 1 N–H and O–H groups in total. The Balaban J connectivity index is 1.41. The number of nitrogens with one attached hydrogen (secondary N) is 1. The van der Waals surface area contributed by atoms with Crippen molar-refractivity contribution in [2.24, 2.45) is 0 Å². The third-order valence-electron chi connectivity index (χ3n) is 6.82. The highest BCUT2D eigenvalue weighted by Crippen LogP contribution is 2.43. The van der Waals surface area contributed by atoms with Crippen molar-refractivity contribution >= 4 is 23.9 Å². The lowest BCUT2D eigenvalue weighted by Gasteiger charge is -2.28. The van der Waals surface area contributed by atoms with Gasteiger partial charge >= 0.3 is 0 Å². The molecule has 5 rings (SSSR count). The first kappa shape index (κ1) is 24.5. The van der Waals surface area contributed by atoms with E-state index in [9.17, 15) is 4.79 Å². The van der Waals surface area contributed by atoms with Crippen LogP contribution < -0.4 is 5.32 Å². The number of nitrogens with zero attached hydrogens (tertiary/aromatic N) is 4. The molecule has 2 fully saturated rings. The Labute approximate surface area is 211 Å². The average molecular weight is 498 g/mol. The predicted molar refractivity (Wildman–Crippen MR) is 139 cm³/mol. The highest BCUT2D eigenvalue weighted by atomic mass is 32.2. The van der Waals surface area contributed by atoms with Gasteiger partial charge in [0.15, 0.2) is 5.69 Å². The number of carbonyl (C=O) groups is 1. The molecule has 188 valence electrons. The molecule has 2 saturated heterocycles. The molecular weight excluding hydrogens is 462 g/mol. The van der Waals surface area contributed by atoms with E-state index < -0.39 is 0 Å². The van der Waals surface area contributed by atoms with Crippen LogP contribution in [0.5, 0.6) is 0 Å². The molecule has 4 heterocycles. The molecule has 0 spiro atoms. The van der Waals surface area contributed by atoms with Gasteiger partial charge in [0.2, 0.25) is 0 Å². The Morgan fingerprint density at radius 1 is 1.23 bits per heavy atom. The first-order chi connectivity index (χ1) is 17.2. The lowest BCUT2D eigenvalue weighted by molar-refractivity contribution is 0.0298. The quantitative estimate of drug-likeness (QED) is 0.563. The van der Waals surface area contributed by atoms with Crippen molar-refractivity contribution in [3.8, 4) is 11.3 Å². The van der Waals surface area contributed by atoms with E-state index in [2.05, 4.69) is 40.7 Å². The number of amides is 1. The van der Waals surface area contributed by atoms with Gasteiger partial charge in [0.1, 0.15) is 0 Å². The lowest BCUT2D eigenvalue weighted by Crippen LogP contribution is -2.41. The molecule has 3 aliphatic heterocycles. The van der Waals surface area contributed by atoms with E-state index in [4.69, 9.17) is 14.6 Å². The van der Waals surface area contributed by atoms with Gasteiger partial charge in [-0.1, -0.05) is 18.2 Å². The molecule has 1 aromatic heterocycles. The Morgan fingerprint density at radius 2 is 2.09 bits per heavy atom. The smallest absolute Gasteiger partial charge is 0.274 e. The van der Waals surface area contributed by atoms with E-state index in [-0.39, 0.29) is 5.91 Å². The first-order valence-corrected chi connectivity index (χ1v) is 13.6. The van der Waals surface area contributed by atoms with Gasteiger partial charge in [-0.3, -0.25) is 9.69 Å². The highest BCUT2D eigenvalue weighted by Gasteiger charge is 2.31. The van der Waals surface area contributed by atoms with Crippen molar-refractivity contribution in [1.82, 2.24) is 24.9 Å². The van der Waals surface area contributed by atoms with Crippen molar-refractivity contribution in [2.45, 2.75) is 23.5 Å². The third kappa shape index (κ3) is 5.65. The van der Waals surface area contributed by atoms with Gasteiger partial charge < -0.3 is 19.7 Å². The molecule has 0 unspecified atom stereocenters. The maximum absolute atomic E-state index is 13.5. The monoisotopic (exact) mass is 497 g/mol. The molecule has 9 heteroatoms. The van der Waals surface area contributed by atoms with Crippen molar-refractivity contribution in [3.63, 3.8) is 0 Å². The van der Waals surface area contributed by atoms with Gasteiger partial charge in [-0.05, 0) is 31.0 Å². The summed E-state index contributed by atoms with van der Waals surface area (Å²) in [4.78, 5) is 19.1. The van der Waals surface area contributed by atoms with Gasteiger partial charge in [-0.25, -0.2) is 4.68 Å². The standard InChI is InChI=1S/C26H35N5O3S/c1-33-14-9-27-8-11-29-10-4-5-20(17-29)18-31-25-21-6-2-3-7-23(21)35-19-22(25)24(28-31)26(32)30-12-15-34-16-13-30/h2-3,6-7,18,27H,4-5,8-17,19H2,1H3. The van der Waals surface area contributed by atoms with E-state index in [0.717, 1.165) is 69.2 Å². The highest BCUT2D eigenvalue weighted by molar-refractivity contribution is 7.98. The van der Waals surface area contributed by atoms with E-state index in [0.29, 0.717) is 32.0 Å². The zero-order chi connectivity index (χ0) is 24.0. The Kier molecular flexibility index (Phi) is 8.20. The van der Waals surface area contributed by atoms with Crippen molar-refractivity contribution in [1.29, 1.82) is 0 Å². The van der Waals surface area contributed by atoms with Crippen LogP contribution in [0.3, 0.4) is 0 Å². The molecule has 8 nitrogen and oxygen atoms in total. The average Bonchev–Trinajstić information content (AvgIpc) is 3.27. The minimum Gasteiger partial charge on any atom is -0.383 e. The second-order valence-electron chi connectivity index (χ2n) is 9.22. The Hall–Kier alpha value is -2.17. The van der Waals surface area contributed by atoms with E-state index in [1.54, 1.807) is 18.9 Å². The Bertz CT molecular complexity index is 1060. The summed E-state index contributed by atoms with van der Waals surface area (Å²) in [6.45, 7) is 8.06. The minimum absolute atomic E-state index is 0.0223. The number of thioether (sulfide) groups is 1. The Morgan fingerprint density at radius 3 is 2.94 bits per heavy atom. The summed E-state index contributed by atoms with van der Waals surface area (Å²) in [5.41, 5.74) is 5.24. The number of morpholine rings is 1. The minimum atomic E-state index is 0.0223. The molecule has 0 atom stereocenters. The first-order valence-electron chi connectivity index (χ1n) is 12.6. The number of benzene rings is 1. The van der Waals surface area contributed by atoms with E-state index in [1.165, 1.54) is 16.0 Å². The van der Waals surface area contributed by atoms with E-state index in [1.807, 2.05) is 9.58 Å². The normalized spacial score (nSPS) is 19.6. The fourth-order valence-electron chi connectivity index (χ4n) is 4.99. The van der Waals surface area contributed by atoms with Crippen LogP contribution in [0, 0.1) is 0 Å². The number of aromatic nitrogens is 2. The summed E-state index contributed by atoms with van der Waals surface area (Å²) < 4.78 is 12.6. The molecule has 1 aromatic carbocycles. The lowest BCUT2D eigenvalue weighted by atomic mass is 10.0. The molecule has 3 aliphatic rings. The summed E-state index contributed by atoms with van der Waals surface area (Å²) in [5.74, 6) is 0.786. The van der Waals surface area contributed by atoms with Gasteiger partial charge in [-0.15, -0.1) is 11.8 Å². The van der Waals surface area contributed by atoms with Crippen molar-refractivity contribution < 1.29 is 14.3 Å². The number of fused-ring (bicyclic) bond motifs is 3. The van der Waals surface area contributed by atoms with Gasteiger partial charge in [-0.2, -0.15) is 5.10 Å². The SMILES string of the molecule is COCCNCCN1CCCC(=Cn2nc(C(=O)N3CCOCC3)c3c2-c2ccccc2SC3)C1. The third-order valence-corrected chi connectivity index (χ3v) is 7.92. The maximum atomic E-state index is 13.5. The van der Waals surface area contributed by atoms with Crippen LogP contribution in [0.1, 0.15) is 28.9 Å². The predicted octanol–water partition coefficient (Wildman–Crippen LogP) is 2.80. The molecule has 0 aliphatic carbocycles. The van der Waals surface area contributed by atoms with Crippen LogP contribution in [-0.4, -0.2) is 98.2 Å². The zero-order valence-electron chi connectivity index (χ0n) is 20.5. The van der Waals surface area contributed by atoms with Gasteiger partial charge in [0.05, 0.1) is 25.5 Å². The molecule has 0 radical (unpaired) electrons. The number of likely N-dealkylation sites (tertiary alicyclic amines) is 1. The molecule has 35 heavy (non-hydrogen) atoms. The molecule has 2 aromatic rings. The number of piperidine rings is 1. The summed E-state index contributed by atoms with van der Waals surface area (Å²) in [6, 6.07) is 8.46. The number of rotatable bonds is 8. The summed E-state index contributed by atoms with van der Waals surface area (Å²) in [6.07, 6.45) is 4.39. The largest absolute Gasteiger partial charge is 0.383 e. The summed E-state index contributed by atoms with van der Waals surface area (Å²) in [5, 5.41) is 8.37. The fourth-order valence-corrected chi connectivity index (χ4v) is 6.06.